The van der Waals surface area contributed by atoms with Gasteiger partial charge in [-0.25, -0.2) is 0 Å². The fourth-order valence-electron chi connectivity index (χ4n) is 4.89. The molecule has 1 saturated carbocycles. The van der Waals surface area contributed by atoms with Gasteiger partial charge in [-0.2, -0.15) is 0 Å². The molecule has 3 nitrogen and oxygen atoms in total. The first-order valence-corrected chi connectivity index (χ1v) is 10.9. The zero-order chi connectivity index (χ0) is 20.4. The van der Waals surface area contributed by atoms with Gasteiger partial charge in [-0.1, -0.05) is 79.9 Å². The van der Waals surface area contributed by atoms with E-state index in [0.717, 1.165) is 43.0 Å². The SMILES string of the molecule is O=C(NC1(Cc2cccc3ccccc23)CCCCC1)c1cnc2ccccc2c1. The normalized spacial score (nSPS) is 15.9. The van der Waals surface area contributed by atoms with Crippen molar-refractivity contribution in [1.29, 1.82) is 0 Å². The molecular formula is C27H26N2O. The van der Waals surface area contributed by atoms with Crippen molar-refractivity contribution in [3.63, 3.8) is 0 Å². The third-order valence-corrected chi connectivity index (χ3v) is 6.45. The molecule has 1 aliphatic carbocycles. The van der Waals surface area contributed by atoms with Crippen LogP contribution in [0.25, 0.3) is 21.7 Å². The molecule has 0 aliphatic heterocycles. The van der Waals surface area contributed by atoms with Crippen molar-refractivity contribution in [3.05, 3.63) is 90.1 Å². The number of nitrogens with zero attached hydrogens (tertiary/aromatic N) is 1. The van der Waals surface area contributed by atoms with Crippen LogP contribution in [-0.2, 0) is 6.42 Å². The molecule has 1 heterocycles. The summed E-state index contributed by atoms with van der Waals surface area (Å²) in [5.41, 5.74) is 2.66. The number of hydrogen-bond acceptors (Lipinski definition) is 2. The molecule has 1 aliphatic rings. The van der Waals surface area contributed by atoms with Gasteiger partial charge in [-0.15, -0.1) is 0 Å². The van der Waals surface area contributed by atoms with Crippen LogP contribution < -0.4 is 5.32 Å². The molecule has 1 fully saturated rings. The molecule has 5 rings (SSSR count). The second kappa shape index (κ2) is 7.91. The van der Waals surface area contributed by atoms with Gasteiger partial charge in [-0.3, -0.25) is 9.78 Å². The van der Waals surface area contributed by atoms with Crippen LogP contribution in [0.4, 0.5) is 0 Å². The first kappa shape index (κ1) is 18.8. The summed E-state index contributed by atoms with van der Waals surface area (Å²) >= 11 is 0. The van der Waals surface area contributed by atoms with E-state index in [0.29, 0.717) is 5.56 Å². The fraction of sp³-hybridized carbons (Fsp3) is 0.259. The van der Waals surface area contributed by atoms with E-state index in [1.807, 2.05) is 30.3 Å². The summed E-state index contributed by atoms with van der Waals surface area (Å²) in [7, 11) is 0. The van der Waals surface area contributed by atoms with Gasteiger partial charge < -0.3 is 5.32 Å². The molecule has 30 heavy (non-hydrogen) atoms. The fourth-order valence-corrected chi connectivity index (χ4v) is 4.89. The molecule has 3 heteroatoms. The number of fused-ring (bicyclic) bond motifs is 2. The van der Waals surface area contributed by atoms with Crippen LogP contribution in [0.3, 0.4) is 0 Å². The summed E-state index contributed by atoms with van der Waals surface area (Å²) in [6.07, 6.45) is 8.14. The van der Waals surface area contributed by atoms with Crippen molar-refractivity contribution in [2.75, 3.05) is 0 Å². The van der Waals surface area contributed by atoms with E-state index in [1.54, 1.807) is 6.20 Å². The lowest BCUT2D eigenvalue weighted by Crippen LogP contribution is -2.51. The Kier molecular flexibility index (Phi) is 4.96. The Balaban J connectivity index is 1.46. The van der Waals surface area contributed by atoms with Crippen molar-refractivity contribution < 1.29 is 4.79 Å². The van der Waals surface area contributed by atoms with Crippen LogP contribution in [0.2, 0.25) is 0 Å². The molecule has 3 aromatic carbocycles. The maximum atomic E-state index is 13.3. The van der Waals surface area contributed by atoms with Crippen molar-refractivity contribution in [2.45, 2.75) is 44.1 Å². The first-order chi connectivity index (χ1) is 14.7. The second-order valence-corrected chi connectivity index (χ2v) is 8.53. The highest BCUT2D eigenvalue weighted by Crippen LogP contribution is 2.34. The molecule has 0 saturated heterocycles. The maximum absolute atomic E-state index is 13.3. The van der Waals surface area contributed by atoms with Gasteiger partial charge in [-0.05, 0) is 47.7 Å². The Bertz CT molecular complexity index is 1200. The topological polar surface area (TPSA) is 42.0 Å². The van der Waals surface area contributed by atoms with Gasteiger partial charge in [0.05, 0.1) is 11.1 Å². The van der Waals surface area contributed by atoms with Crippen molar-refractivity contribution in [2.24, 2.45) is 0 Å². The third-order valence-electron chi connectivity index (χ3n) is 6.45. The Morgan fingerprint density at radius 1 is 0.867 bits per heavy atom. The number of rotatable bonds is 4. The van der Waals surface area contributed by atoms with E-state index in [1.165, 1.54) is 22.8 Å². The van der Waals surface area contributed by atoms with Crippen molar-refractivity contribution in [1.82, 2.24) is 10.3 Å². The van der Waals surface area contributed by atoms with E-state index in [-0.39, 0.29) is 11.4 Å². The van der Waals surface area contributed by atoms with Gasteiger partial charge in [0.2, 0.25) is 0 Å². The molecule has 4 aromatic rings. The highest BCUT2D eigenvalue weighted by Gasteiger charge is 2.34. The molecule has 0 unspecified atom stereocenters. The lowest BCUT2D eigenvalue weighted by molar-refractivity contribution is 0.0868. The third kappa shape index (κ3) is 3.68. The van der Waals surface area contributed by atoms with Crippen molar-refractivity contribution in [3.8, 4) is 0 Å². The highest BCUT2D eigenvalue weighted by atomic mass is 16.1. The number of aromatic nitrogens is 1. The Morgan fingerprint density at radius 3 is 2.47 bits per heavy atom. The number of carbonyl (C=O) groups excluding carboxylic acids is 1. The van der Waals surface area contributed by atoms with Gasteiger partial charge >= 0.3 is 0 Å². The number of amides is 1. The standard InChI is InChI=1S/C27H26N2O/c30-26(23-17-21-10-3-5-14-25(21)28-19-23)29-27(15-6-1-7-16-27)18-22-12-8-11-20-9-2-4-13-24(20)22/h2-5,8-14,17,19H,1,6-7,15-16,18H2,(H,29,30). The van der Waals surface area contributed by atoms with E-state index in [9.17, 15) is 4.79 Å². The molecule has 0 atom stereocenters. The molecule has 1 aromatic heterocycles. The van der Waals surface area contributed by atoms with Crippen LogP contribution in [-0.4, -0.2) is 16.4 Å². The summed E-state index contributed by atoms with van der Waals surface area (Å²) < 4.78 is 0. The lowest BCUT2D eigenvalue weighted by atomic mass is 9.76. The molecule has 1 N–H and O–H groups in total. The Morgan fingerprint density at radius 2 is 1.60 bits per heavy atom. The molecular weight excluding hydrogens is 368 g/mol. The minimum atomic E-state index is -0.203. The van der Waals surface area contributed by atoms with Crippen molar-refractivity contribution >= 4 is 27.6 Å². The van der Waals surface area contributed by atoms with Crippen LogP contribution in [0, 0.1) is 0 Å². The van der Waals surface area contributed by atoms with E-state index >= 15 is 0 Å². The summed E-state index contributed by atoms with van der Waals surface area (Å²) in [5.74, 6) is -0.0182. The number of pyridine rings is 1. The van der Waals surface area contributed by atoms with Crippen LogP contribution in [0.1, 0.15) is 48.0 Å². The maximum Gasteiger partial charge on any atom is 0.253 e. The number of carbonyl (C=O) groups is 1. The summed E-state index contributed by atoms with van der Waals surface area (Å²) in [6, 6.07) is 24.9. The zero-order valence-corrected chi connectivity index (χ0v) is 17.1. The molecule has 0 bridgehead atoms. The number of hydrogen-bond donors (Lipinski definition) is 1. The van der Waals surface area contributed by atoms with E-state index in [4.69, 9.17) is 0 Å². The second-order valence-electron chi connectivity index (χ2n) is 8.53. The zero-order valence-electron chi connectivity index (χ0n) is 17.1. The summed E-state index contributed by atoms with van der Waals surface area (Å²) in [4.78, 5) is 17.7. The van der Waals surface area contributed by atoms with Gasteiger partial charge in [0.25, 0.3) is 5.91 Å². The summed E-state index contributed by atoms with van der Waals surface area (Å²) in [5, 5.41) is 6.98. The summed E-state index contributed by atoms with van der Waals surface area (Å²) in [6.45, 7) is 0. The minimum Gasteiger partial charge on any atom is -0.346 e. The lowest BCUT2D eigenvalue weighted by Gasteiger charge is -2.38. The molecule has 150 valence electrons. The quantitative estimate of drug-likeness (QED) is 0.457. The monoisotopic (exact) mass is 394 g/mol. The van der Waals surface area contributed by atoms with E-state index < -0.39 is 0 Å². The average molecular weight is 395 g/mol. The van der Waals surface area contributed by atoms with Crippen LogP contribution >= 0.6 is 0 Å². The van der Waals surface area contributed by atoms with Gasteiger partial charge in [0.1, 0.15) is 0 Å². The van der Waals surface area contributed by atoms with Gasteiger partial charge in [0.15, 0.2) is 0 Å². The van der Waals surface area contributed by atoms with Crippen LogP contribution in [0.15, 0.2) is 79.0 Å². The van der Waals surface area contributed by atoms with Crippen LogP contribution in [0.5, 0.6) is 0 Å². The average Bonchev–Trinajstić information content (AvgIpc) is 2.79. The smallest absolute Gasteiger partial charge is 0.253 e. The first-order valence-electron chi connectivity index (χ1n) is 10.9. The Labute approximate surface area is 177 Å². The predicted octanol–water partition coefficient (Wildman–Crippen LogP) is 6.06. The molecule has 0 radical (unpaired) electrons. The number of nitrogens with one attached hydrogen (secondary N) is 1. The molecule has 1 amide bonds. The highest BCUT2D eigenvalue weighted by molar-refractivity contribution is 5.97. The number of benzene rings is 3. The largest absolute Gasteiger partial charge is 0.346 e. The number of para-hydroxylation sites is 1. The van der Waals surface area contributed by atoms with E-state index in [2.05, 4.69) is 52.8 Å². The Hall–Kier alpha value is -3.20. The minimum absolute atomic E-state index is 0.0182. The molecule has 0 spiro atoms. The predicted molar refractivity (Wildman–Crippen MR) is 123 cm³/mol. The van der Waals surface area contributed by atoms with Gasteiger partial charge in [0, 0.05) is 17.1 Å².